The molecule has 0 radical (unpaired) electrons. The molecule has 0 saturated carbocycles. The molecule has 0 amide bonds. The molecule has 0 aromatic heterocycles. The highest BCUT2D eigenvalue weighted by atomic mass is 19.4. The van der Waals surface area contributed by atoms with E-state index in [9.17, 15) is 38.0 Å². The Balaban J connectivity index is 2.86. The number of methoxy groups -OCH3 is 1. The molecule has 1 aliphatic heterocycles. The van der Waals surface area contributed by atoms with Crippen LogP contribution < -0.4 is 5.32 Å². The Morgan fingerprint density at radius 2 is 1.94 bits per heavy atom. The van der Waals surface area contributed by atoms with Crippen LogP contribution in [0.15, 0.2) is 35.5 Å². The molecule has 12 heteroatoms. The molecule has 0 aliphatic carbocycles. The Morgan fingerprint density at radius 1 is 1.32 bits per heavy atom. The lowest BCUT2D eigenvalue weighted by Gasteiger charge is -2.45. The molecule has 3 unspecified atom stereocenters. The molecule has 0 bridgehead atoms. The van der Waals surface area contributed by atoms with Crippen LogP contribution in [-0.4, -0.2) is 47.1 Å². The summed E-state index contributed by atoms with van der Waals surface area (Å²) in [5.41, 5.74) is -5.27. The van der Waals surface area contributed by atoms with E-state index in [1.807, 2.05) is 5.32 Å². The average Bonchev–Trinajstić information content (AvgIpc) is 2.65. The van der Waals surface area contributed by atoms with E-state index in [0.717, 1.165) is 26.2 Å². The first kappa shape index (κ1) is 24.1. The number of hydrogen-bond acceptors (Lipinski definition) is 8. The highest BCUT2D eigenvalue weighted by Crippen LogP contribution is 2.49. The number of carbonyl (C=O) groups is 2. The summed E-state index contributed by atoms with van der Waals surface area (Å²) in [5.74, 6) is -6.69. The molecule has 170 valence electrons. The van der Waals surface area contributed by atoms with Crippen molar-refractivity contribution in [2.75, 3.05) is 7.11 Å². The van der Waals surface area contributed by atoms with Gasteiger partial charge in [0, 0.05) is 23.7 Å². The van der Waals surface area contributed by atoms with Crippen LogP contribution in [0.2, 0.25) is 0 Å². The fraction of sp³-hybridized carbons (Fsp3) is 0.474. The fourth-order valence-corrected chi connectivity index (χ4v) is 3.50. The van der Waals surface area contributed by atoms with E-state index < -0.39 is 63.7 Å². The number of carbonyl (C=O) groups excluding carboxylic acids is 2. The molecule has 2 rings (SSSR count). The van der Waals surface area contributed by atoms with Gasteiger partial charge in [0.05, 0.1) is 23.7 Å². The van der Waals surface area contributed by atoms with Crippen molar-refractivity contribution in [3.8, 4) is 0 Å². The van der Waals surface area contributed by atoms with Gasteiger partial charge in [0.15, 0.2) is 0 Å². The minimum atomic E-state index is -5.38. The van der Waals surface area contributed by atoms with Gasteiger partial charge < -0.3 is 19.9 Å². The number of esters is 2. The van der Waals surface area contributed by atoms with Crippen molar-refractivity contribution in [3.05, 3.63) is 51.2 Å². The predicted octanol–water partition coefficient (Wildman–Crippen LogP) is 2.55. The van der Waals surface area contributed by atoms with Gasteiger partial charge in [-0.1, -0.05) is 12.1 Å². The van der Waals surface area contributed by atoms with Crippen molar-refractivity contribution in [3.63, 3.8) is 0 Å². The molecule has 1 aliphatic rings. The van der Waals surface area contributed by atoms with E-state index >= 15 is 0 Å². The van der Waals surface area contributed by atoms with Crippen molar-refractivity contribution in [1.29, 1.82) is 0 Å². The number of nitrogens with one attached hydrogen (secondary N) is 1. The lowest BCUT2D eigenvalue weighted by Crippen LogP contribution is -2.67. The topological polar surface area (TPSA) is 128 Å². The van der Waals surface area contributed by atoms with Gasteiger partial charge >= 0.3 is 18.1 Å². The maximum Gasteiger partial charge on any atom is 0.437 e. The van der Waals surface area contributed by atoms with Gasteiger partial charge in [0.2, 0.25) is 5.72 Å². The predicted molar refractivity (Wildman–Crippen MR) is 99.4 cm³/mol. The number of nitro groups is 1. The van der Waals surface area contributed by atoms with Crippen LogP contribution in [0, 0.1) is 16.0 Å². The molecule has 0 saturated heterocycles. The summed E-state index contributed by atoms with van der Waals surface area (Å²) in [7, 11) is 0.820. The normalized spacial score (nSPS) is 23.9. The minimum Gasteiger partial charge on any atom is -0.469 e. The largest absolute Gasteiger partial charge is 0.469 e. The van der Waals surface area contributed by atoms with Gasteiger partial charge in [-0.05, 0) is 26.3 Å². The Bertz CT molecular complexity index is 929. The summed E-state index contributed by atoms with van der Waals surface area (Å²) in [5, 5.41) is 23.6. The van der Waals surface area contributed by atoms with E-state index in [1.165, 1.54) is 26.0 Å². The van der Waals surface area contributed by atoms with Crippen molar-refractivity contribution >= 4 is 17.6 Å². The molecule has 3 atom stereocenters. The number of aliphatic hydroxyl groups is 1. The van der Waals surface area contributed by atoms with Crippen LogP contribution in [0.3, 0.4) is 0 Å². The van der Waals surface area contributed by atoms with E-state index in [0.29, 0.717) is 0 Å². The SMILES string of the molecule is COC(=O)C1C(c2cccc([N+](=O)[O-])c2)C(C(=O)OC(C)C)=C(C)NC1(O)C(F)(F)F. The number of nitrogens with zero attached hydrogens (tertiary/aromatic N) is 1. The molecule has 0 fully saturated rings. The second-order valence-corrected chi connectivity index (χ2v) is 7.21. The first-order valence-electron chi connectivity index (χ1n) is 9.05. The summed E-state index contributed by atoms with van der Waals surface area (Å²) >= 11 is 0. The Hall–Kier alpha value is -3.15. The van der Waals surface area contributed by atoms with Gasteiger partial charge in [0.25, 0.3) is 5.69 Å². The molecule has 1 heterocycles. The van der Waals surface area contributed by atoms with Crippen molar-refractivity contribution in [2.45, 2.75) is 44.7 Å². The zero-order valence-electron chi connectivity index (χ0n) is 17.0. The van der Waals surface area contributed by atoms with Crippen molar-refractivity contribution in [1.82, 2.24) is 5.32 Å². The molecule has 31 heavy (non-hydrogen) atoms. The highest BCUT2D eigenvalue weighted by Gasteiger charge is 2.67. The smallest absolute Gasteiger partial charge is 0.437 e. The molecular weight excluding hydrogens is 425 g/mol. The number of ether oxygens (including phenoxy) is 2. The molecule has 0 spiro atoms. The lowest BCUT2D eigenvalue weighted by atomic mass is 9.71. The summed E-state index contributed by atoms with van der Waals surface area (Å²) in [6.45, 7) is 4.12. The number of rotatable bonds is 5. The fourth-order valence-electron chi connectivity index (χ4n) is 3.50. The first-order chi connectivity index (χ1) is 14.2. The van der Waals surface area contributed by atoms with Crippen LogP contribution in [0.4, 0.5) is 18.9 Å². The quantitative estimate of drug-likeness (QED) is 0.401. The maximum atomic E-state index is 13.9. The summed E-state index contributed by atoms with van der Waals surface area (Å²) < 4.78 is 51.4. The Labute approximate surface area is 175 Å². The van der Waals surface area contributed by atoms with Crippen LogP contribution in [0.5, 0.6) is 0 Å². The van der Waals surface area contributed by atoms with Gasteiger partial charge in [-0.3, -0.25) is 14.9 Å². The molecule has 2 N–H and O–H groups in total. The van der Waals surface area contributed by atoms with Crippen LogP contribution >= 0.6 is 0 Å². The Kier molecular flexibility index (Phi) is 6.64. The van der Waals surface area contributed by atoms with Crippen LogP contribution in [0.25, 0.3) is 0 Å². The van der Waals surface area contributed by atoms with Gasteiger partial charge in [0.1, 0.15) is 5.92 Å². The molecular formula is C19H21F3N2O7. The average molecular weight is 446 g/mol. The number of nitro benzene ring substituents is 1. The third kappa shape index (κ3) is 4.48. The number of non-ortho nitro benzene ring substituents is 1. The number of allylic oxidation sites excluding steroid dienone is 1. The lowest BCUT2D eigenvalue weighted by molar-refractivity contribution is -0.385. The summed E-state index contributed by atoms with van der Waals surface area (Å²) in [4.78, 5) is 35.7. The van der Waals surface area contributed by atoms with E-state index in [2.05, 4.69) is 4.74 Å². The standard InChI is InChI=1S/C19H21F3N2O7/c1-9(2)31-16(25)13-10(3)23-18(27,19(20,21)22)15(17(26)30-4)14(13)11-6-5-7-12(8-11)24(28)29/h5-9,14-15,23,27H,1-4H3. The van der Waals surface area contributed by atoms with E-state index in [4.69, 9.17) is 4.74 Å². The zero-order chi connectivity index (χ0) is 23.7. The van der Waals surface area contributed by atoms with Crippen molar-refractivity contribution < 1.29 is 42.3 Å². The molecule has 9 nitrogen and oxygen atoms in total. The number of halogens is 3. The monoisotopic (exact) mass is 446 g/mol. The van der Waals surface area contributed by atoms with E-state index in [1.54, 1.807) is 0 Å². The first-order valence-corrected chi connectivity index (χ1v) is 9.05. The van der Waals surface area contributed by atoms with Crippen LogP contribution in [-0.2, 0) is 19.1 Å². The Morgan fingerprint density at radius 3 is 2.42 bits per heavy atom. The summed E-state index contributed by atoms with van der Waals surface area (Å²) in [6.07, 6.45) is -6.03. The maximum absolute atomic E-state index is 13.9. The molecule has 1 aromatic carbocycles. The highest BCUT2D eigenvalue weighted by molar-refractivity contribution is 5.93. The van der Waals surface area contributed by atoms with Crippen molar-refractivity contribution in [2.24, 2.45) is 5.92 Å². The van der Waals surface area contributed by atoms with Gasteiger partial charge in [-0.15, -0.1) is 0 Å². The third-order valence-corrected chi connectivity index (χ3v) is 4.77. The van der Waals surface area contributed by atoms with E-state index in [-0.39, 0.29) is 5.56 Å². The third-order valence-electron chi connectivity index (χ3n) is 4.77. The number of hydrogen-bond donors (Lipinski definition) is 2. The van der Waals surface area contributed by atoms with Crippen LogP contribution in [0.1, 0.15) is 32.3 Å². The minimum absolute atomic E-state index is 0.177. The molecule has 1 aromatic rings. The zero-order valence-corrected chi connectivity index (χ0v) is 17.0. The second kappa shape index (κ2) is 8.53. The van der Waals surface area contributed by atoms with Gasteiger partial charge in [-0.25, -0.2) is 4.79 Å². The number of benzene rings is 1. The summed E-state index contributed by atoms with van der Waals surface area (Å²) in [6, 6.07) is 4.43. The number of alkyl halides is 3. The second-order valence-electron chi connectivity index (χ2n) is 7.21. The van der Waals surface area contributed by atoms with Gasteiger partial charge in [-0.2, -0.15) is 13.2 Å².